The number of urea groups is 1. The highest BCUT2D eigenvalue weighted by atomic mass is 32.2. The van der Waals surface area contributed by atoms with Crippen LogP contribution >= 0.6 is 11.8 Å². The molecule has 1 fully saturated rings. The van der Waals surface area contributed by atoms with Gasteiger partial charge in [0.25, 0.3) is 0 Å². The molecule has 0 aliphatic carbocycles. The Kier molecular flexibility index (Phi) is 3.46. The molecule has 7 nitrogen and oxygen atoms in total. The maximum Gasteiger partial charge on any atom is 0.327 e. The van der Waals surface area contributed by atoms with Gasteiger partial charge in [-0.05, 0) is 6.92 Å². The third-order valence-electron chi connectivity index (χ3n) is 2.70. The lowest BCUT2D eigenvalue weighted by molar-refractivity contribution is -0.141. The molecule has 0 spiro atoms. The molecule has 0 bridgehead atoms. The minimum absolute atomic E-state index is 0.150. The number of aliphatic carboxylic acids is 1. The first-order chi connectivity index (χ1) is 8.49. The summed E-state index contributed by atoms with van der Waals surface area (Å²) in [5.41, 5.74) is 0.552. The molecule has 2 N–H and O–H groups in total. The van der Waals surface area contributed by atoms with Crippen LogP contribution in [0.5, 0.6) is 0 Å². The van der Waals surface area contributed by atoms with Crippen LogP contribution in [-0.2, 0) is 11.8 Å². The number of rotatable bonds is 2. The number of hydrogen-bond donors (Lipinski definition) is 2. The molecule has 98 valence electrons. The third-order valence-corrected chi connectivity index (χ3v) is 3.92. The largest absolute Gasteiger partial charge is 0.480 e. The van der Waals surface area contributed by atoms with Crippen molar-refractivity contribution in [3.63, 3.8) is 0 Å². The van der Waals surface area contributed by atoms with E-state index in [-0.39, 0.29) is 5.37 Å². The Morgan fingerprint density at radius 1 is 1.61 bits per heavy atom. The SMILES string of the molecule is CC1SCC(C(=O)O)N1C(=O)Nc1cnn(C)c1. The molecule has 2 heterocycles. The van der Waals surface area contributed by atoms with Crippen molar-refractivity contribution in [1.29, 1.82) is 0 Å². The molecule has 1 aliphatic rings. The van der Waals surface area contributed by atoms with Crippen molar-refractivity contribution in [3.8, 4) is 0 Å². The van der Waals surface area contributed by atoms with E-state index >= 15 is 0 Å². The van der Waals surface area contributed by atoms with Gasteiger partial charge in [0.05, 0.1) is 17.3 Å². The predicted octanol–water partition coefficient (Wildman–Crippen LogP) is 0.800. The molecular formula is C10H14N4O3S. The van der Waals surface area contributed by atoms with E-state index in [1.54, 1.807) is 17.9 Å². The van der Waals surface area contributed by atoms with E-state index in [0.717, 1.165) is 0 Å². The summed E-state index contributed by atoms with van der Waals surface area (Å²) in [6.07, 6.45) is 3.17. The molecule has 1 aromatic heterocycles. The minimum atomic E-state index is -0.979. The van der Waals surface area contributed by atoms with Gasteiger partial charge in [-0.25, -0.2) is 9.59 Å². The second-order valence-corrected chi connectivity index (χ2v) is 5.38. The Hall–Kier alpha value is -1.70. The molecule has 18 heavy (non-hydrogen) atoms. The molecule has 2 amide bonds. The number of amides is 2. The highest BCUT2D eigenvalue weighted by molar-refractivity contribution is 8.00. The van der Waals surface area contributed by atoms with E-state index in [2.05, 4.69) is 10.4 Å². The number of hydrogen-bond acceptors (Lipinski definition) is 4. The summed E-state index contributed by atoms with van der Waals surface area (Å²) in [7, 11) is 1.74. The number of anilines is 1. The van der Waals surface area contributed by atoms with Crippen molar-refractivity contribution in [2.45, 2.75) is 18.3 Å². The molecule has 0 radical (unpaired) electrons. The van der Waals surface area contributed by atoms with Gasteiger partial charge in [0.1, 0.15) is 6.04 Å². The molecule has 8 heteroatoms. The normalized spacial score (nSPS) is 23.1. The second kappa shape index (κ2) is 4.89. The fourth-order valence-electron chi connectivity index (χ4n) is 1.82. The first-order valence-corrected chi connectivity index (χ1v) is 6.46. The van der Waals surface area contributed by atoms with E-state index in [9.17, 15) is 9.59 Å². The van der Waals surface area contributed by atoms with Crippen LogP contribution in [0.4, 0.5) is 10.5 Å². The number of carboxylic acid groups (broad SMARTS) is 1. The number of carbonyl (C=O) groups is 2. The average Bonchev–Trinajstić information content (AvgIpc) is 2.85. The van der Waals surface area contributed by atoms with Crippen molar-refractivity contribution < 1.29 is 14.7 Å². The van der Waals surface area contributed by atoms with Gasteiger partial charge in [-0.1, -0.05) is 0 Å². The van der Waals surface area contributed by atoms with Gasteiger partial charge in [-0.15, -0.1) is 11.8 Å². The number of carbonyl (C=O) groups excluding carboxylic acids is 1. The van der Waals surface area contributed by atoms with Gasteiger partial charge in [0.15, 0.2) is 0 Å². The highest BCUT2D eigenvalue weighted by Crippen LogP contribution is 2.29. The highest BCUT2D eigenvalue weighted by Gasteiger charge is 2.39. The number of carboxylic acids is 1. The monoisotopic (exact) mass is 270 g/mol. The third kappa shape index (κ3) is 2.42. The fraction of sp³-hybridized carbons (Fsp3) is 0.500. The summed E-state index contributed by atoms with van der Waals surface area (Å²) in [6, 6.07) is -1.19. The number of nitrogens with one attached hydrogen (secondary N) is 1. The second-order valence-electron chi connectivity index (χ2n) is 4.03. The van der Waals surface area contributed by atoms with Crippen LogP contribution in [-0.4, -0.2) is 49.0 Å². The Morgan fingerprint density at radius 2 is 2.33 bits per heavy atom. The summed E-state index contributed by atoms with van der Waals surface area (Å²) < 4.78 is 1.56. The average molecular weight is 270 g/mol. The number of aryl methyl sites for hydroxylation is 1. The van der Waals surface area contributed by atoms with Crippen LogP contribution in [0.2, 0.25) is 0 Å². The predicted molar refractivity (Wildman–Crippen MR) is 67.4 cm³/mol. The first kappa shape index (κ1) is 12.7. The fourth-order valence-corrected chi connectivity index (χ4v) is 2.98. The zero-order valence-corrected chi connectivity index (χ0v) is 10.8. The summed E-state index contributed by atoms with van der Waals surface area (Å²) >= 11 is 1.45. The minimum Gasteiger partial charge on any atom is -0.480 e. The molecule has 1 aliphatic heterocycles. The van der Waals surface area contributed by atoms with Crippen molar-refractivity contribution >= 4 is 29.4 Å². The first-order valence-electron chi connectivity index (χ1n) is 5.41. The quantitative estimate of drug-likeness (QED) is 0.830. The maximum atomic E-state index is 12.1. The zero-order chi connectivity index (χ0) is 13.3. The van der Waals surface area contributed by atoms with Gasteiger partial charge in [0.2, 0.25) is 0 Å². The van der Waals surface area contributed by atoms with Gasteiger partial charge in [0, 0.05) is 19.0 Å². The van der Waals surface area contributed by atoms with Gasteiger partial charge in [-0.2, -0.15) is 5.10 Å². The van der Waals surface area contributed by atoms with E-state index in [1.165, 1.54) is 22.9 Å². The van der Waals surface area contributed by atoms with Crippen molar-refractivity contribution in [1.82, 2.24) is 14.7 Å². The summed E-state index contributed by atoms with van der Waals surface area (Å²) in [4.78, 5) is 24.5. The summed E-state index contributed by atoms with van der Waals surface area (Å²) in [6.45, 7) is 1.82. The number of nitrogens with zero attached hydrogens (tertiary/aromatic N) is 3. The molecule has 0 aromatic carbocycles. The van der Waals surface area contributed by atoms with Gasteiger partial charge in [-0.3, -0.25) is 9.58 Å². The summed E-state index contributed by atoms with van der Waals surface area (Å²) in [5.74, 6) is -0.565. The standard InChI is InChI=1S/C10H14N4O3S/c1-6-14(8(5-18-6)9(15)16)10(17)12-7-3-11-13(2)4-7/h3-4,6,8H,5H2,1-2H3,(H,12,17)(H,15,16). The lowest BCUT2D eigenvalue weighted by atomic mass is 10.3. The van der Waals surface area contributed by atoms with Crippen LogP contribution in [0.25, 0.3) is 0 Å². The number of aromatic nitrogens is 2. The van der Waals surface area contributed by atoms with Gasteiger partial charge < -0.3 is 10.4 Å². The molecule has 0 saturated carbocycles. The van der Waals surface area contributed by atoms with E-state index < -0.39 is 18.0 Å². The van der Waals surface area contributed by atoms with Crippen LogP contribution in [0.15, 0.2) is 12.4 Å². The van der Waals surface area contributed by atoms with Crippen LogP contribution < -0.4 is 5.32 Å². The van der Waals surface area contributed by atoms with E-state index in [1.807, 2.05) is 6.92 Å². The van der Waals surface area contributed by atoms with Crippen LogP contribution in [0, 0.1) is 0 Å². The van der Waals surface area contributed by atoms with Crippen LogP contribution in [0.1, 0.15) is 6.92 Å². The Bertz CT molecular complexity index is 475. The zero-order valence-electron chi connectivity index (χ0n) is 10.0. The molecular weight excluding hydrogens is 256 g/mol. The summed E-state index contributed by atoms with van der Waals surface area (Å²) in [5, 5.41) is 15.5. The van der Waals surface area contributed by atoms with E-state index in [4.69, 9.17) is 5.11 Å². The van der Waals surface area contributed by atoms with E-state index in [0.29, 0.717) is 11.4 Å². The van der Waals surface area contributed by atoms with Crippen molar-refractivity contribution in [2.75, 3.05) is 11.1 Å². The maximum absolute atomic E-state index is 12.1. The topological polar surface area (TPSA) is 87.5 Å². The molecule has 2 atom stereocenters. The molecule has 2 rings (SSSR count). The van der Waals surface area contributed by atoms with Crippen LogP contribution in [0.3, 0.4) is 0 Å². The lowest BCUT2D eigenvalue weighted by Gasteiger charge is -2.24. The van der Waals surface area contributed by atoms with Gasteiger partial charge >= 0.3 is 12.0 Å². The Morgan fingerprint density at radius 3 is 2.89 bits per heavy atom. The smallest absolute Gasteiger partial charge is 0.327 e. The lowest BCUT2D eigenvalue weighted by Crippen LogP contribution is -2.46. The Labute approximate surface area is 108 Å². The molecule has 1 aromatic rings. The molecule has 1 saturated heterocycles. The van der Waals surface area contributed by atoms with Crippen molar-refractivity contribution in [3.05, 3.63) is 12.4 Å². The number of thioether (sulfide) groups is 1. The Balaban J connectivity index is 2.09. The molecule has 2 unspecified atom stereocenters. The van der Waals surface area contributed by atoms with Crippen molar-refractivity contribution in [2.24, 2.45) is 7.05 Å².